The third kappa shape index (κ3) is 6.32. The van der Waals surface area contributed by atoms with Crippen LogP contribution in [0.1, 0.15) is 52.6 Å². The van der Waals surface area contributed by atoms with Crippen molar-refractivity contribution in [2.75, 3.05) is 46.0 Å². The van der Waals surface area contributed by atoms with E-state index in [1.807, 2.05) is 11.3 Å². The second-order valence-electron chi connectivity index (χ2n) is 10.4. The number of aliphatic hydroxyl groups excluding tert-OH is 1. The highest BCUT2D eigenvalue weighted by molar-refractivity contribution is 7.12. The number of piperazine rings is 1. The average molecular weight is 518 g/mol. The Balaban J connectivity index is 1.41. The van der Waals surface area contributed by atoms with Gasteiger partial charge in [-0.3, -0.25) is 4.90 Å². The van der Waals surface area contributed by atoms with Crippen LogP contribution in [0, 0.1) is 0 Å². The van der Waals surface area contributed by atoms with Gasteiger partial charge in [-0.2, -0.15) is 0 Å². The molecule has 1 N–H and O–H groups in total. The van der Waals surface area contributed by atoms with Crippen LogP contribution in [-0.4, -0.2) is 72.8 Å². The van der Waals surface area contributed by atoms with Crippen LogP contribution in [0.2, 0.25) is 0 Å². The number of fused-ring (bicyclic) bond motifs is 2. The molecular weight excluding hydrogens is 478 g/mol. The molecule has 6 heteroatoms. The quantitative estimate of drug-likeness (QED) is 0.382. The molecule has 0 saturated carbocycles. The number of rotatable bonds is 9. The van der Waals surface area contributed by atoms with Gasteiger partial charge in [-0.25, -0.2) is 4.99 Å². The van der Waals surface area contributed by atoms with Crippen LogP contribution < -0.4 is 0 Å². The summed E-state index contributed by atoms with van der Waals surface area (Å²) in [5.41, 5.74) is 5.13. The summed E-state index contributed by atoms with van der Waals surface area (Å²) in [4.78, 5) is 13.3. The number of benzene rings is 2. The predicted octanol–water partition coefficient (Wildman–Crippen LogP) is 5.48. The molecule has 3 aromatic rings. The van der Waals surface area contributed by atoms with Crippen molar-refractivity contribution in [3.05, 3.63) is 87.1 Å². The molecule has 5 rings (SSSR count). The van der Waals surface area contributed by atoms with Gasteiger partial charge in [0.1, 0.15) is 5.84 Å². The van der Waals surface area contributed by atoms with Crippen LogP contribution in [0.15, 0.2) is 65.7 Å². The lowest BCUT2D eigenvalue weighted by molar-refractivity contribution is 0.0427. The average Bonchev–Trinajstić information content (AvgIpc) is 3.27. The molecule has 1 saturated heterocycles. The second-order valence-corrected chi connectivity index (χ2v) is 11.5. The number of aliphatic hydroxyl groups is 1. The first-order chi connectivity index (χ1) is 18.1. The van der Waals surface area contributed by atoms with E-state index in [-0.39, 0.29) is 6.61 Å². The maximum absolute atomic E-state index is 9.10. The van der Waals surface area contributed by atoms with E-state index >= 15 is 0 Å². The number of nitrogens with zero attached hydrogens (tertiary/aromatic N) is 3. The standard InChI is InChI=1S/C31H39N3O2S/c1-23(2)29-21-27-30(37-29)20-25-10-6-7-11-28(25)32-31(27)34-15-14-33(16-18-36-19-17-35)26(22-34)13-12-24-8-4-3-5-9-24/h3-11,21,23,26,35H,12-20,22H2,1-2H3/t26-/m0/s1. The molecule has 2 aliphatic heterocycles. The van der Waals surface area contributed by atoms with Crippen LogP contribution in [0.3, 0.4) is 0 Å². The van der Waals surface area contributed by atoms with E-state index in [9.17, 15) is 0 Å². The molecule has 5 nitrogen and oxygen atoms in total. The zero-order valence-corrected chi connectivity index (χ0v) is 22.9. The van der Waals surface area contributed by atoms with Crippen molar-refractivity contribution in [3.8, 4) is 0 Å². The lowest BCUT2D eigenvalue weighted by atomic mass is 10.0. The first kappa shape index (κ1) is 26.1. The van der Waals surface area contributed by atoms with Gasteiger partial charge in [-0.15, -0.1) is 11.3 Å². The van der Waals surface area contributed by atoms with Gasteiger partial charge in [0.15, 0.2) is 0 Å². The largest absolute Gasteiger partial charge is 0.394 e. The number of para-hydroxylation sites is 1. The normalized spacial score (nSPS) is 17.9. The van der Waals surface area contributed by atoms with E-state index in [0.29, 0.717) is 25.2 Å². The molecule has 0 bridgehead atoms. The van der Waals surface area contributed by atoms with E-state index < -0.39 is 0 Å². The van der Waals surface area contributed by atoms with Crippen molar-refractivity contribution >= 4 is 22.9 Å². The van der Waals surface area contributed by atoms with Crippen molar-refractivity contribution in [2.45, 2.75) is 45.1 Å². The molecule has 0 unspecified atom stereocenters. The number of amidine groups is 1. The Labute approximate surface area is 225 Å². The Morgan fingerprint density at radius 2 is 1.86 bits per heavy atom. The van der Waals surface area contributed by atoms with Gasteiger partial charge in [0, 0.05) is 54.0 Å². The highest BCUT2D eigenvalue weighted by Gasteiger charge is 2.31. The minimum absolute atomic E-state index is 0.0772. The Hall–Kier alpha value is -2.51. The van der Waals surface area contributed by atoms with Crippen LogP contribution in [0.25, 0.3) is 0 Å². The molecule has 0 spiro atoms. The number of aliphatic imine (C=N–C) groups is 1. The van der Waals surface area contributed by atoms with Crippen molar-refractivity contribution in [1.82, 2.24) is 9.80 Å². The lowest BCUT2D eigenvalue weighted by Gasteiger charge is -2.43. The lowest BCUT2D eigenvalue weighted by Crippen LogP contribution is -2.55. The Morgan fingerprint density at radius 3 is 2.68 bits per heavy atom. The van der Waals surface area contributed by atoms with Crippen molar-refractivity contribution in [3.63, 3.8) is 0 Å². The molecule has 1 fully saturated rings. The van der Waals surface area contributed by atoms with Gasteiger partial charge in [0.05, 0.1) is 25.5 Å². The fourth-order valence-corrected chi connectivity index (χ4v) is 6.58. The molecule has 0 aliphatic carbocycles. The van der Waals surface area contributed by atoms with Crippen molar-refractivity contribution in [1.29, 1.82) is 0 Å². The van der Waals surface area contributed by atoms with Crippen molar-refractivity contribution < 1.29 is 9.84 Å². The van der Waals surface area contributed by atoms with Gasteiger partial charge in [0.2, 0.25) is 0 Å². The summed E-state index contributed by atoms with van der Waals surface area (Å²) in [6.07, 6.45) is 3.11. The molecule has 2 aliphatic rings. The van der Waals surface area contributed by atoms with Gasteiger partial charge in [-0.1, -0.05) is 62.4 Å². The summed E-state index contributed by atoms with van der Waals surface area (Å²) < 4.78 is 5.64. The smallest absolute Gasteiger partial charge is 0.137 e. The summed E-state index contributed by atoms with van der Waals surface area (Å²) in [6, 6.07) is 22.3. The van der Waals surface area contributed by atoms with E-state index in [0.717, 1.165) is 57.0 Å². The summed E-state index contributed by atoms with van der Waals surface area (Å²) in [6.45, 7) is 9.50. The van der Waals surface area contributed by atoms with E-state index in [1.165, 1.54) is 26.4 Å². The Kier molecular flexibility index (Phi) is 8.72. The summed E-state index contributed by atoms with van der Waals surface area (Å²) in [5, 5.41) is 9.10. The molecule has 1 aromatic heterocycles. The van der Waals surface area contributed by atoms with Crippen LogP contribution >= 0.6 is 11.3 Å². The van der Waals surface area contributed by atoms with Gasteiger partial charge < -0.3 is 14.7 Å². The van der Waals surface area contributed by atoms with Crippen LogP contribution in [0.5, 0.6) is 0 Å². The van der Waals surface area contributed by atoms with E-state index in [2.05, 4.69) is 84.3 Å². The third-order valence-electron chi connectivity index (χ3n) is 7.48. The maximum Gasteiger partial charge on any atom is 0.137 e. The highest BCUT2D eigenvalue weighted by atomic mass is 32.1. The van der Waals surface area contributed by atoms with Gasteiger partial charge >= 0.3 is 0 Å². The highest BCUT2D eigenvalue weighted by Crippen LogP contribution is 2.37. The van der Waals surface area contributed by atoms with E-state index in [1.54, 1.807) is 0 Å². The minimum Gasteiger partial charge on any atom is -0.394 e. The predicted molar refractivity (Wildman–Crippen MR) is 153 cm³/mol. The first-order valence-corrected chi connectivity index (χ1v) is 14.4. The molecule has 0 amide bonds. The number of hydrogen-bond donors (Lipinski definition) is 1. The van der Waals surface area contributed by atoms with Crippen LogP contribution in [-0.2, 0) is 17.6 Å². The Morgan fingerprint density at radius 1 is 1.05 bits per heavy atom. The third-order valence-corrected chi connectivity index (χ3v) is 8.91. The summed E-state index contributed by atoms with van der Waals surface area (Å²) >= 11 is 1.96. The number of aryl methyl sites for hydroxylation is 1. The second kappa shape index (κ2) is 12.4. The molecule has 2 aromatic carbocycles. The van der Waals surface area contributed by atoms with Crippen LogP contribution in [0.4, 0.5) is 5.69 Å². The summed E-state index contributed by atoms with van der Waals surface area (Å²) in [7, 11) is 0. The number of ether oxygens (including phenoxy) is 1. The molecule has 0 radical (unpaired) electrons. The Bertz CT molecular complexity index is 1190. The van der Waals surface area contributed by atoms with Gasteiger partial charge in [-0.05, 0) is 42.0 Å². The van der Waals surface area contributed by atoms with Gasteiger partial charge in [0.25, 0.3) is 0 Å². The minimum atomic E-state index is 0.0772. The molecule has 1 atom stereocenters. The first-order valence-electron chi connectivity index (χ1n) is 13.6. The zero-order valence-electron chi connectivity index (χ0n) is 22.1. The fraction of sp³-hybridized carbons (Fsp3) is 0.452. The number of hydrogen-bond acceptors (Lipinski definition) is 6. The topological polar surface area (TPSA) is 48.3 Å². The molecule has 196 valence electrons. The van der Waals surface area contributed by atoms with Crippen molar-refractivity contribution in [2.24, 2.45) is 4.99 Å². The maximum atomic E-state index is 9.10. The summed E-state index contributed by atoms with van der Waals surface area (Å²) in [5.74, 6) is 1.66. The molecular formula is C31H39N3O2S. The molecule has 3 heterocycles. The fourth-order valence-electron chi connectivity index (χ4n) is 5.39. The van der Waals surface area contributed by atoms with E-state index in [4.69, 9.17) is 14.8 Å². The SMILES string of the molecule is CC(C)c1cc2c(s1)Cc1ccccc1N=C2N1CCN(CCOCCO)[C@@H](CCc2ccccc2)C1. The zero-order chi connectivity index (χ0) is 25.6. The number of thiophene rings is 1. The monoisotopic (exact) mass is 517 g/mol. The molecule has 37 heavy (non-hydrogen) atoms.